The van der Waals surface area contributed by atoms with Crippen LogP contribution in [0.2, 0.25) is 0 Å². The van der Waals surface area contributed by atoms with Crippen molar-refractivity contribution in [3.8, 4) is 0 Å². The first-order valence-electron chi connectivity index (χ1n) is 7.59. The van der Waals surface area contributed by atoms with Gasteiger partial charge in [-0.05, 0) is 45.2 Å². The van der Waals surface area contributed by atoms with Crippen LogP contribution in [0.4, 0.5) is 0 Å². The highest BCUT2D eigenvalue weighted by molar-refractivity contribution is 5.83. The summed E-state index contributed by atoms with van der Waals surface area (Å²) in [4.78, 5) is 17.3. The third-order valence-electron chi connectivity index (χ3n) is 4.89. The highest BCUT2D eigenvalue weighted by Crippen LogP contribution is 2.32. The van der Waals surface area contributed by atoms with Gasteiger partial charge >= 0.3 is 0 Å². The highest BCUT2D eigenvalue weighted by atomic mass is 16.2. The van der Waals surface area contributed by atoms with Gasteiger partial charge < -0.3 is 10.2 Å². The van der Waals surface area contributed by atoms with E-state index in [1.807, 2.05) is 0 Å². The van der Waals surface area contributed by atoms with Crippen molar-refractivity contribution in [2.75, 3.05) is 26.2 Å². The summed E-state index contributed by atoms with van der Waals surface area (Å²) >= 11 is 0. The fourth-order valence-corrected chi connectivity index (χ4v) is 4.08. The van der Waals surface area contributed by atoms with E-state index in [9.17, 15) is 4.79 Å². The highest BCUT2D eigenvalue weighted by Gasteiger charge is 2.43. The van der Waals surface area contributed by atoms with Crippen LogP contribution in [0.15, 0.2) is 0 Å². The minimum atomic E-state index is 0.0826. The number of hydrogen-bond acceptors (Lipinski definition) is 3. The minimum Gasteiger partial charge on any atom is -0.337 e. The predicted octanol–water partition coefficient (Wildman–Crippen LogP) is 0.824. The monoisotopic (exact) mass is 251 g/mol. The number of carbonyl (C=O) groups excluding carboxylic acids is 1. The first-order chi connectivity index (χ1) is 8.81. The Hall–Kier alpha value is -0.610. The summed E-state index contributed by atoms with van der Waals surface area (Å²) in [5.74, 6) is 0.363. The molecule has 102 valence electrons. The summed E-state index contributed by atoms with van der Waals surface area (Å²) in [5.41, 5.74) is 0. The molecule has 0 aromatic carbocycles. The molecule has 0 saturated carbocycles. The average molecular weight is 251 g/mol. The normalized spacial score (nSPS) is 37.3. The van der Waals surface area contributed by atoms with Crippen LogP contribution in [-0.4, -0.2) is 60.0 Å². The molecule has 3 atom stereocenters. The van der Waals surface area contributed by atoms with E-state index in [2.05, 4.69) is 22.0 Å². The number of hydrogen-bond donors (Lipinski definition) is 1. The van der Waals surface area contributed by atoms with Gasteiger partial charge in [-0.3, -0.25) is 9.69 Å². The van der Waals surface area contributed by atoms with Crippen LogP contribution in [0.1, 0.15) is 39.0 Å². The van der Waals surface area contributed by atoms with E-state index in [1.165, 1.54) is 32.4 Å². The molecule has 0 radical (unpaired) electrons. The zero-order valence-corrected chi connectivity index (χ0v) is 11.4. The zero-order chi connectivity index (χ0) is 12.5. The molecule has 3 unspecified atom stereocenters. The third-order valence-corrected chi connectivity index (χ3v) is 4.89. The van der Waals surface area contributed by atoms with Crippen molar-refractivity contribution < 1.29 is 4.79 Å². The van der Waals surface area contributed by atoms with Gasteiger partial charge in [-0.25, -0.2) is 0 Å². The molecule has 0 aliphatic carbocycles. The number of carbonyl (C=O) groups is 1. The fraction of sp³-hybridized carbons (Fsp3) is 0.929. The smallest absolute Gasteiger partial charge is 0.240 e. The standard InChI is InChI=1S/C14H25N3O/c1-2-15-11-5-3-9-17(14(11)18)13-7-10-16-8-4-6-12(13)16/h11-13,15H,2-10H2,1H3. The molecule has 1 amide bonds. The van der Waals surface area contributed by atoms with Gasteiger partial charge in [0, 0.05) is 25.2 Å². The predicted molar refractivity (Wildman–Crippen MR) is 71.4 cm³/mol. The molecule has 3 aliphatic rings. The van der Waals surface area contributed by atoms with E-state index < -0.39 is 0 Å². The molecule has 0 aromatic rings. The van der Waals surface area contributed by atoms with Gasteiger partial charge in [-0.2, -0.15) is 0 Å². The molecule has 4 heteroatoms. The molecule has 0 aromatic heterocycles. The van der Waals surface area contributed by atoms with Gasteiger partial charge in [0.15, 0.2) is 0 Å². The number of amides is 1. The van der Waals surface area contributed by atoms with E-state index in [4.69, 9.17) is 0 Å². The second-order valence-corrected chi connectivity index (χ2v) is 5.89. The summed E-state index contributed by atoms with van der Waals surface area (Å²) in [5, 5.41) is 3.34. The van der Waals surface area contributed by atoms with E-state index in [0.717, 1.165) is 25.9 Å². The van der Waals surface area contributed by atoms with E-state index in [1.54, 1.807) is 0 Å². The lowest BCUT2D eigenvalue weighted by Gasteiger charge is -2.39. The largest absolute Gasteiger partial charge is 0.337 e. The first kappa shape index (κ1) is 12.4. The number of rotatable bonds is 3. The van der Waals surface area contributed by atoms with Crippen LogP contribution < -0.4 is 5.32 Å². The van der Waals surface area contributed by atoms with Crippen molar-refractivity contribution >= 4 is 5.91 Å². The molecule has 3 saturated heterocycles. The zero-order valence-electron chi connectivity index (χ0n) is 11.4. The van der Waals surface area contributed by atoms with Crippen LogP contribution in [0.25, 0.3) is 0 Å². The molecular formula is C14H25N3O. The third kappa shape index (κ3) is 2.05. The maximum Gasteiger partial charge on any atom is 0.240 e. The Morgan fingerprint density at radius 1 is 1.11 bits per heavy atom. The van der Waals surface area contributed by atoms with Gasteiger partial charge in [-0.15, -0.1) is 0 Å². The molecule has 0 bridgehead atoms. The number of likely N-dealkylation sites (N-methyl/N-ethyl adjacent to an activating group) is 1. The first-order valence-corrected chi connectivity index (χ1v) is 7.59. The lowest BCUT2D eigenvalue weighted by atomic mass is 9.98. The van der Waals surface area contributed by atoms with Gasteiger partial charge in [0.25, 0.3) is 0 Å². The fourth-order valence-electron chi connectivity index (χ4n) is 4.08. The number of likely N-dealkylation sites (tertiary alicyclic amines) is 1. The quantitative estimate of drug-likeness (QED) is 0.807. The van der Waals surface area contributed by atoms with Crippen LogP contribution in [0, 0.1) is 0 Å². The van der Waals surface area contributed by atoms with Crippen molar-refractivity contribution in [2.45, 2.75) is 57.2 Å². The number of piperidine rings is 1. The molecule has 4 nitrogen and oxygen atoms in total. The van der Waals surface area contributed by atoms with Crippen LogP contribution in [-0.2, 0) is 4.79 Å². The second-order valence-electron chi connectivity index (χ2n) is 5.89. The Labute approximate surface area is 110 Å². The molecule has 1 N–H and O–H groups in total. The molecule has 3 fully saturated rings. The molecular weight excluding hydrogens is 226 g/mol. The molecule has 3 rings (SSSR count). The number of nitrogens with zero attached hydrogens (tertiary/aromatic N) is 2. The summed E-state index contributed by atoms with van der Waals surface area (Å²) in [6, 6.07) is 1.25. The summed E-state index contributed by atoms with van der Waals surface area (Å²) in [7, 11) is 0. The van der Waals surface area contributed by atoms with Gasteiger partial charge in [-0.1, -0.05) is 6.92 Å². The SMILES string of the molecule is CCNC1CCCN(C2CCN3CCCC23)C1=O. The van der Waals surface area contributed by atoms with Crippen molar-refractivity contribution in [3.63, 3.8) is 0 Å². The Morgan fingerprint density at radius 3 is 2.78 bits per heavy atom. The van der Waals surface area contributed by atoms with E-state index in [0.29, 0.717) is 18.0 Å². The Bertz CT molecular complexity index is 318. The second kappa shape index (κ2) is 5.17. The average Bonchev–Trinajstić information content (AvgIpc) is 2.95. The lowest BCUT2D eigenvalue weighted by molar-refractivity contribution is -0.139. The Kier molecular flexibility index (Phi) is 3.57. The molecule has 3 heterocycles. The maximum absolute atomic E-state index is 12.5. The van der Waals surface area contributed by atoms with Crippen molar-refractivity contribution in [1.82, 2.24) is 15.1 Å². The van der Waals surface area contributed by atoms with Crippen molar-refractivity contribution in [2.24, 2.45) is 0 Å². The topological polar surface area (TPSA) is 35.6 Å². The lowest BCUT2D eigenvalue weighted by Crippen LogP contribution is -2.56. The number of fused-ring (bicyclic) bond motifs is 1. The Morgan fingerprint density at radius 2 is 1.94 bits per heavy atom. The maximum atomic E-state index is 12.5. The summed E-state index contributed by atoms with van der Waals surface area (Å²) in [6.07, 6.45) is 5.98. The van der Waals surface area contributed by atoms with Crippen LogP contribution in [0.3, 0.4) is 0 Å². The van der Waals surface area contributed by atoms with Gasteiger partial charge in [0.05, 0.1) is 6.04 Å². The van der Waals surface area contributed by atoms with Gasteiger partial charge in [0.2, 0.25) is 5.91 Å². The number of nitrogens with one attached hydrogen (secondary N) is 1. The van der Waals surface area contributed by atoms with Crippen molar-refractivity contribution in [1.29, 1.82) is 0 Å². The van der Waals surface area contributed by atoms with E-state index >= 15 is 0 Å². The molecule has 18 heavy (non-hydrogen) atoms. The van der Waals surface area contributed by atoms with E-state index in [-0.39, 0.29) is 6.04 Å². The van der Waals surface area contributed by atoms with Crippen LogP contribution >= 0.6 is 0 Å². The van der Waals surface area contributed by atoms with Gasteiger partial charge in [0.1, 0.15) is 0 Å². The molecule has 0 spiro atoms. The minimum absolute atomic E-state index is 0.0826. The summed E-state index contributed by atoms with van der Waals surface area (Å²) < 4.78 is 0. The summed E-state index contributed by atoms with van der Waals surface area (Å²) in [6.45, 7) is 6.41. The molecule has 3 aliphatic heterocycles. The van der Waals surface area contributed by atoms with Crippen LogP contribution in [0.5, 0.6) is 0 Å². The van der Waals surface area contributed by atoms with Crippen molar-refractivity contribution in [3.05, 3.63) is 0 Å². The Balaban J connectivity index is 1.69.